The monoisotopic (exact) mass is 676 g/mol. The second-order valence-electron chi connectivity index (χ2n) is 11.2. The highest BCUT2D eigenvalue weighted by molar-refractivity contribution is 8.00. The standard InChI is InChI=1S/C41H32N4O4S/c42-38(46)34-23-9-10-24-35(34)44-41(49)37(28-14-3-1-4-15-28)50-32-21-12-20-31(26-32)43-40(48)36(45-39(47)29-16-5-2-6-17-29)25-30-19-11-18-27-13-7-8-22-33(27)30/h1-26,37H,(H2,42,46)(H,43,48)(H,44,49)(H,45,47)/b36-25+. The lowest BCUT2D eigenvalue weighted by atomic mass is 10.0. The van der Waals surface area contributed by atoms with Crippen LogP contribution in [0.5, 0.6) is 0 Å². The Hall–Kier alpha value is -6.45. The van der Waals surface area contributed by atoms with Gasteiger partial charge in [0.2, 0.25) is 5.91 Å². The number of carbonyl (C=O) groups is 4. The van der Waals surface area contributed by atoms with Crippen LogP contribution in [0.15, 0.2) is 162 Å². The van der Waals surface area contributed by atoms with Gasteiger partial charge in [0, 0.05) is 16.1 Å². The minimum absolute atomic E-state index is 0.0583. The van der Waals surface area contributed by atoms with Crippen LogP contribution in [0, 0.1) is 0 Å². The van der Waals surface area contributed by atoms with Crippen molar-refractivity contribution in [2.24, 2.45) is 5.73 Å². The Balaban J connectivity index is 1.27. The number of carbonyl (C=O) groups excluding carboxylic acids is 4. The molecule has 0 radical (unpaired) electrons. The summed E-state index contributed by atoms with van der Waals surface area (Å²) in [4.78, 5) is 53.5. The maximum Gasteiger partial charge on any atom is 0.272 e. The molecule has 6 aromatic rings. The van der Waals surface area contributed by atoms with Crippen LogP contribution >= 0.6 is 11.8 Å². The average molecular weight is 677 g/mol. The van der Waals surface area contributed by atoms with E-state index in [1.807, 2.05) is 84.9 Å². The Labute approximate surface area is 293 Å². The van der Waals surface area contributed by atoms with Crippen molar-refractivity contribution in [3.63, 3.8) is 0 Å². The Kier molecular flexibility index (Phi) is 10.5. The first-order valence-electron chi connectivity index (χ1n) is 15.7. The summed E-state index contributed by atoms with van der Waals surface area (Å²) in [6, 6.07) is 45.2. The molecule has 0 aliphatic heterocycles. The summed E-state index contributed by atoms with van der Waals surface area (Å²) in [7, 11) is 0. The number of fused-ring (bicyclic) bond motifs is 1. The number of amides is 4. The molecule has 0 spiro atoms. The van der Waals surface area contributed by atoms with Gasteiger partial charge in [-0.25, -0.2) is 0 Å². The maximum atomic E-state index is 13.9. The predicted molar refractivity (Wildman–Crippen MR) is 200 cm³/mol. The molecule has 0 fully saturated rings. The molecule has 9 heteroatoms. The number of hydrogen-bond acceptors (Lipinski definition) is 5. The second kappa shape index (κ2) is 15.6. The summed E-state index contributed by atoms with van der Waals surface area (Å²) in [6.07, 6.45) is 1.66. The van der Waals surface area contributed by atoms with Crippen molar-refractivity contribution in [3.05, 3.63) is 180 Å². The fourth-order valence-corrected chi connectivity index (χ4v) is 6.45. The normalized spacial score (nSPS) is 11.7. The molecule has 50 heavy (non-hydrogen) atoms. The summed E-state index contributed by atoms with van der Waals surface area (Å²) in [5.74, 6) is -1.95. The SMILES string of the molecule is NC(=O)c1ccccc1NC(=O)C(Sc1cccc(NC(=O)/C(=C\c2cccc3ccccc23)NC(=O)c2ccccc2)c1)c1ccccc1. The topological polar surface area (TPSA) is 130 Å². The summed E-state index contributed by atoms with van der Waals surface area (Å²) in [5.41, 5.74) is 8.50. The first-order valence-corrected chi connectivity index (χ1v) is 16.6. The number of nitrogens with two attached hydrogens (primary N) is 1. The van der Waals surface area contributed by atoms with Gasteiger partial charge in [-0.2, -0.15) is 0 Å². The maximum absolute atomic E-state index is 13.9. The molecular formula is C41H32N4O4S. The minimum Gasteiger partial charge on any atom is -0.366 e. The third-order valence-electron chi connectivity index (χ3n) is 7.79. The van der Waals surface area contributed by atoms with Crippen LogP contribution in [-0.2, 0) is 9.59 Å². The summed E-state index contributed by atoms with van der Waals surface area (Å²) >= 11 is 1.28. The van der Waals surface area contributed by atoms with Gasteiger partial charge in [-0.15, -0.1) is 11.8 Å². The van der Waals surface area contributed by atoms with E-state index in [1.165, 1.54) is 11.8 Å². The second-order valence-corrected chi connectivity index (χ2v) is 12.4. The van der Waals surface area contributed by atoms with Crippen molar-refractivity contribution in [2.75, 3.05) is 10.6 Å². The molecule has 6 aromatic carbocycles. The van der Waals surface area contributed by atoms with Gasteiger partial charge in [0.15, 0.2) is 0 Å². The molecule has 1 unspecified atom stereocenters. The van der Waals surface area contributed by atoms with Gasteiger partial charge in [0.05, 0.1) is 11.3 Å². The first-order chi connectivity index (χ1) is 24.4. The van der Waals surface area contributed by atoms with Crippen LogP contribution in [0.1, 0.15) is 37.1 Å². The molecule has 0 saturated carbocycles. The molecule has 0 heterocycles. The molecule has 5 N–H and O–H groups in total. The zero-order chi connectivity index (χ0) is 34.9. The predicted octanol–water partition coefficient (Wildman–Crippen LogP) is 7.82. The van der Waals surface area contributed by atoms with Crippen LogP contribution in [0.2, 0.25) is 0 Å². The molecule has 1 atom stereocenters. The number of thioether (sulfide) groups is 1. The highest BCUT2D eigenvalue weighted by atomic mass is 32.2. The van der Waals surface area contributed by atoms with Crippen LogP contribution < -0.4 is 21.7 Å². The Morgan fingerprint density at radius 1 is 0.660 bits per heavy atom. The Morgan fingerprint density at radius 3 is 2.10 bits per heavy atom. The lowest BCUT2D eigenvalue weighted by molar-refractivity contribution is -0.116. The van der Waals surface area contributed by atoms with E-state index in [-0.39, 0.29) is 17.2 Å². The summed E-state index contributed by atoms with van der Waals surface area (Å²) in [6.45, 7) is 0. The van der Waals surface area contributed by atoms with Gasteiger partial charge >= 0.3 is 0 Å². The van der Waals surface area contributed by atoms with Crippen LogP contribution in [-0.4, -0.2) is 23.6 Å². The quantitative estimate of drug-likeness (QED) is 0.0821. The van der Waals surface area contributed by atoms with E-state index in [1.54, 1.807) is 72.8 Å². The van der Waals surface area contributed by atoms with E-state index >= 15 is 0 Å². The highest BCUT2D eigenvalue weighted by Gasteiger charge is 2.24. The number of benzene rings is 6. The number of para-hydroxylation sites is 1. The number of anilines is 2. The molecule has 246 valence electrons. The van der Waals surface area contributed by atoms with E-state index in [0.717, 1.165) is 21.9 Å². The van der Waals surface area contributed by atoms with E-state index < -0.39 is 23.0 Å². The number of rotatable bonds is 11. The van der Waals surface area contributed by atoms with Crippen molar-refractivity contribution in [3.8, 4) is 0 Å². The minimum atomic E-state index is -0.713. The Bertz CT molecular complexity index is 2220. The van der Waals surface area contributed by atoms with Gasteiger partial charge in [-0.1, -0.05) is 109 Å². The smallest absolute Gasteiger partial charge is 0.272 e. The fraction of sp³-hybridized carbons (Fsp3) is 0.0244. The van der Waals surface area contributed by atoms with Crippen molar-refractivity contribution in [1.82, 2.24) is 5.32 Å². The molecule has 0 bridgehead atoms. The molecule has 8 nitrogen and oxygen atoms in total. The van der Waals surface area contributed by atoms with Crippen LogP contribution in [0.25, 0.3) is 16.8 Å². The lowest BCUT2D eigenvalue weighted by Crippen LogP contribution is -2.30. The largest absolute Gasteiger partial charge is 0.366 e. The summed E-state index contributed by atoms with van der Waals surface area (Å²) in [5, 5.41) is 9.80. The number of primary amides is 1. The lowest BCUT2D eigenvalue weighted by Gasteiger charge is -2.18. The molecule has 0 saturated heterocycles. The van der Waals surface area contributed by atoms with E-state index in [0.29, 0.717) is 21.8 Å². The van der Waals surface area contributed by atoms with Crippen molar-refractivity contribution in [2.45, 2.75) is 10.1 Å². The van der Waals surface area contributed by atoms with Gasteiger partial charge in [0.1, 0.15) is 10.9 Å². The highest BCUT2D eigenvalue weighted by Crippen LogP contribution is 2.37. The van der Waals surface area contributed by atoms with Gasteiger partial charge in [-0.05, 0) is 70.4 Å². The molecule has 4 amide bonds. The van der Waals surface area contributed by atoms with Gasteiger partial charge < -0.3 is 21.7 Å². The molecule has 0 aromatic heterocycles. The van der Waals surface area contributed by atoms with Crippen molar-refractivity contribution in [1.29, 1.82) is 0 Å². The fourth-order valence-electron chi connectivity index (χ4n) is 5.36. The molecule has 0 aliphatic rings. The van der Waals surface area contributed by atoms with E-state index in [2.05, 4.69) is 16.0 Å². The Morgan fingerprint density at radius 2 is 1.32 bits per heavy atom. The van der Waals surface area contributed by atoms with E-state index in [4.69, 9.17) is 5.73 Å². The average Bonchev–Trinajstić information content (AvgIpc) is 3.14. The molecular weight excluding hydrogens is 645 g/mol. The number of hydrogen-bond donors (Lipinski definition) is 4. The molecule has 0 aliphatic carbocycles. The van der Waals surface area contributed by atoms with Crippen molar-refractivity contribution >= 4 is 63.6 Å². The van der Waals surface area contributed by atoms with Gasteiger partial charge in [-0.3, -0.25) is 19.2 Å². The summed E-state index contributed by atoms with van der Waals surface area (Å²) < 4.78 is 0. The third kappa shape index (κ3) is 8.15. The number of nitrogens with one attached hydrogen (secondary N) is 3. The third-order valence-corrected chi connectivity index (χ3v) is 9.04. The molecule has 6 rings (SSSR count). The van der Waals surface area contributed by atoms with Crippen molar-refractivity contribution < 1.29 is 19.2 Å². The zero-order valence-corrected chi connectivity index (χ0v) is 27.5. The van der Waals surface area contributed by atoms with E-state index in [9.17, 15) is 19.2 Å². The van der Waals surface area contributed by atoms with Crippen LogP contribution in [0.3, 0.4) is 0 Å². The zero-order valence-electron chi connectivity index (χ0n) is 26.7. The van der Waals surface area contributed by atoms with Gasteiger partial charge in [0.25, 0.3) is 17.7 Å². The first kappa shape index (κ1) is 33.5. The van der Waals surface area contributed by atoms with Crippen LogP contribution in [0.4, 0.5) is 11.4 Å².